The van der Waals surface area contributed by atoms with Gasteiger partial charge in [-0.1, -0.05) is 0 Å². The number of nitrogens with zero attached hydrogens (tertiary/aromatic N) is 2. The third-order valence-corrected chi connectivity index (χ3v) is 3.11. The van der Waals surface area contributed by atoms with Crippen LogP contribution in [0.15, 0.2) is 47.4 Å². The molecule has 0 fully saturated rings. The fourth-order valence-corrected chi connectivity index (χ4v) is 2.23. The fraction of sp³-hybridized carbons (Fsp3) is 0.0667. The molecule has 1 aromatic carbocycles. The average molecular weight is 272 g/mol. The van der Waals surface area contributed by atoms with E-state index in [1.165, 1.54) is 29.0 Å². The van der Waals surface area contributed by atoms with E-state index in [0.717, 1.165) is 6.07 Å². The molecule has 20 heavy (non-hydrogen) atoms. The van der Waals surface area contributed by atoms with Crippen molar-refractivity contribution in [1.82, 2.24) is 9.55 Å². The molecule has 0 saturated heterocycles. The average Bonchev–Trinajstić information content (AvgIpc) is 2.41. The predicted octanol–water partition coefficient (Wildman–Crippen LogP) is 2.97. The minimum absolute atomic E-state index is 0.160. The molecule has 0 radical (unpaired) electrons. The zero-order valence-electron chi connectivity index (χ0n) is 10.6. The fourth-order valence-electron chi connectivity index (χ4n) is 2.23. The zero-order chi connectivity index (χ0) is 14.3. The molecular formula is C15H10F2N2O. The molecule has 0 amide bonds. The van der Waals surface area contributed by atoms with Crippen molar-refractivity contribution in [1.29, 1.82) is 0 Å². The van der Waals surface area contributed by atoms with Crippen molar-refractivity contribution in [3.8, 4) is 5.69 Å². The number of benzene rings is 1. The molecule has 0 unspecified atom stereocenters. The number of halogens is 2. The van der Waals surface area contributed by atoms with Gasteiger partial charge < -0.3 is 0 Å². The van der Waals surface area contributed by atoms with Gasteiger partial charge in [0.2, 0.25) is 0 Å². The van der Waals surface area contributed by atoms with Gasteiger partial charge in [0.25, 0.3) is 0 Å². The molecule has 3 aromatic rings. The molecule has 2 aromatic heterocycles. The van der Waals surface area contributed by atoms with Gasteiger partial charge in [0.1, 0.15) is 17.3 Å². The van der Waals surface area contributed by atoms with Gasteiger partial charge in [0.15, 0.2) is 5.43 Å². The summed E-state index contributed by atoms with van der Waals surface area (Å²) in [6.45, 7) is 1.68. The lowest BCUT2D eigenvalue weighted by atomic mass is 10.2. The number of aryl methyl sites for hydroxylation is 1. The van der Waals surface area contributed by atoms with E-state index in [9.17, 15) is 13.6 Å². The van der Waals surface area contributed by atoms with Crippen LogP contribution in [0, 0.1) is 18.6 Å². The number of hydrogen-bond acceptors (Lipinski definition) is 2. The molecule has 0 bridgehead atoms. The van der Waals surface area contributed by atoms with Gasteiger partial charge in [-0.3, -0.25) is 9.36 Å². The number of rotatable bonds is 1. The van der Waals surface area contributed by atoms with Gasteiger partial charge in [-0.05, 0) is 31.2 Å². The highest BCUT2D eigenvalue weighted by molar-refractivity contribution is 5.77. The monoisotopic (exact) mass is 272 g/mol. The molecule has 0 N–H and O–H groups in total. The van der Waals surface area contributed by atoms with Crippen molar-refractivity contribution in [2.45, 2.75) is 6.92 Å². The normalized spacial score (nSPS) is 10.9. The number of pyridine rings is 2. The lowest BCUT2D eigenvalue weighted by molar-refractivity contribution is 0.577. The molecule has 0 aliphatic heterocycles. The van der Waals surface area contributed by atoms with Crippen LogP contribution in [0.4, 0.5) is 8.78 Å². The maximum atomic E-state index is 14.0. The predicted molar refractivity (Wildman–Crippen MR) is 72.0 cm³/mol. The third kappa shape index (κ3) is 1.87. The van der Waals surface area contributed by atoms with Crippen molar-refractivity contribution in [3.05, 3.63) is 70.1 Å². The number of hydrogen-bond donors (Lipinski definition) is 0. The van der Waals surface area contributed by atoms with Crippen LogP contribution < -0.4 is 5.43 Å². The quantitative estimate of drug-likeness (QED) is 0.682. The van der Waals surface area contributed by atoms with E-state index in [0.29, 0.717) is 16.7 Å². The third-order valence-electron chi connectivity index (χ3n) is 3.11. The van der Waals surface area contributed by atoms with Gasteiger partial charge in [0.05, 0.1) is 11.1 Å². The van der Waals surface area contributed by atoms with Crippen LogP contribution >= 0.6 is 0 Å². The van der Waals surface area contributed by atoms with Gasteiger partial charge in [-0.15, -0.1) is 0 Å². The Labute approximate surface area is 113 Å². The second-order valence-corrected chi connectivity index (χ2v) is 4.46. The molecule has 3 nitrogen and oxygen atoms in total. The molecule has 0 aliphatic rings. The standard InChI is InChI=1S/C15H10F2N2O/c1-9-7-14(20)11-3-2-6-18-15(11)19(9)13-5-4-10(16)8-12(13)17/h2-8H,1H3. The summed E-state index contributed by atoms with van der Waals surface area (Å²) in [6, 6.07) is 7.99. The summed E-state index contributed by atoms with van der Waals surface area (Å²) in [5.74, 6) is -1.36. The highest BCUT2D eigenvalue weighted by Crippen LogP contribution is 2.20. The van der Waals surface area contributed by atoms with Crippen LogP contribution in [-0.4, -0.2) is 9.55 Å². The maximum Gasteiger partial charge on any atom is 0.191 e. The SMILES string of the molecule is Cc1cc(=O)c2cccnc2n1-c1ccc(F)cc1F. The first-order chi connectivity index (χ1) is 9.58. The molecule has 100 valence electrons. The Kier molecular flexibility index (Phi) is 2.82. The van der Waals surface area contributed by atoms with E-state index in [4.69, 9.17) is 0 Å². The minimum atomic E-state index is -0.705. The largest absolute Gasteiger partial charge is 0.295 e. The van der Waals surface area contributed by atoms with E-state index in [2.05, 4.69) is 4.98 Å². The van der Waals surface area contributed by atoms with Crippen LogP contribution in [0.2, 0.25) is 0 Å². The summed E-state index contributed by atoms with van der Waals surface area (Å²) in [5.41, 5.74) is 0.867. The Bertz CT molecular complexity index is 871. The van der Waals surface area contributed by atoms with Crippen LogP contribution in [0.3, 0.4) is 0 Å². The zero-order valence-corrected chi connectivity index (χ0v) is 10.6. The molecule has 5 heteroatoms. The summed E-state index contributed by atoms with van der Waals surface area (Å²) < 4.78 is 28.5. The first-order valence-corrected chi connectivity index (χ1v) is 6.01. The lowest BCUT2D eigenvalue weighted by Gasteiger charge is -2.14. The van der Waals surface area contributed by atoms with Crippen molar-refractivity contribution in [2.24, 2.45) is 0 Å². The summed E-state index contributed by atoms with van der Waals surface area (Å²) in [7, 11) is 0. The smallest absolute Gasteiger partial charge is 0.191 e. The van der Waals surface area contributed by atoms with Gasteiger partial charge in [-0.2, -0.15) is 0 Å². The highest BCUT2D eigenvalue weighted by Gasteiger charge is 2.12. The Hall–Kier alpha value is -2.56. The summed E-state index contributed by atoms with van der Waals surface area (Å²) in [6.07, 6.45) is 1.53. The van der Waals surface area contributed by atoms with Crippen molar-refractivity contribution in [3.63, 3.8) is 0 Å². The van der Waals surface area contributed by atoms with E-state index < -0.39 is 11.6 Å². The Balaban J connectivity index is 2.45. The highest BCUT2D eigenvalue weighted by atomic mass is 19.1. The topological polar surface area (TPSA) is 34.9 Å². The van der Waals surface area contributed by atoms with Crippen molar-refractivity contribution >= 4 is 11.0 Å². The summed E-state index contributed by atoms with van der Waals surface area (Å²) >= 11 is 0. The van der Waals surface area contributed by atoms with E-state index in [-0.39, 0.29) is 11.1 Å². The Morgan fingerprint density at radius 1 is 1.15 bits per heavy atom. The molecule has 0 aliphatic carbocycles. The van der Waals surface area contributed by atoms with Crippen molar-refractivity contribution in [2.75, 3.05) is 0 Å². The Morgan fingerprint density at radius 2 is 1.95 bits per heavy atom. The van der Waals surface area contributed by atoms with Crippen molar-refractivity contribution < 1.29 is 8.78 Å². The van der Waals surface area contributed by atoms with E-state index in [1.807, 2.05) is 0 Å². The first-order valence-electron chi connectivity index (χ1n) is 6.01. The molecule has 0 saturated carbocycles. The van der Waals surface area contributed by atoms with Gasteiger partial charge >= 0.3 is 0 Å². The second kappa shape index (κ2) is 4.52. The first kappa shape index (κ1) is 12.5. The number of aromatic nitrogens is 2. The molecule has 0 atom stereocenters. The molecule has 0 spiro atoms. The molecule has 3 rings (SSSR count). The Morgan fingerprint density at radius 3 is 2.70 bits per heavy atom. The lowest BCUT2D eigenvalue weighted by Crippen LogP contribution is -2.12. The molecular weight excluding hydrogens is 262 g/mol. The van der Waals surface area contributed by atoms with Gasteiger partial charge in [-0.25, -0.2) is 13.8 Å². The summed E-state index contributed by atoms with van der Waals surface area (Å²) in [5, 5.41) is 0.391. The second-order valence-electron chi connectivity index (χ2n) is 4.46. The minimum Gasteiger partial charge on any atom is -0.295 e. The maximum absolute atomic E-state index is 14.0. The van der Waals surface area contributed by atoms with Gasteiger partial charge in [0, 0.05) is 24.0 Å². The van der Waals surface area contributed by atoms with Crippen LogP contribution in [0.5, 0.6) is 0 Å². The molecule has 2 heterocycles. The summed E-state index contributed by atoms with van der Waals surface area (Å²) in [4.78, 5) is 16.1. The van der Waals surface area contributed by atoms with Crippen LogP contribution in [0.25, 0.3) is 16.7 Å². The van der Waals surface area contributed by atoms with Crippen LogP contribution in [0.1, 0.15) is 5.69 Å². The van der Waals surface area contributed by atoms with Crippen LogP contribution in [-0.2, 0) is 0 Å². The van der Waals surface area contributed by atoms with E-state index >= 15 is 0 Å². The number of fused-ring (bicyclic) bond motifs is 1. The van der Waals surface area contributed by atoms with E-state index in [1.54, 1.807) is 19.1 Å².